The highest BCUT2D eigenvalue weighted by Crippen LogP contribution is 2.28. The average Bonchev–Trinajstić information content (AvgIpc) is 3.36. The second-order valence-electron chi connectivity index (χ2n) is 7.86. The van der Waals surface area contributed by atoms with Crippen LogP contribution >= 0.6 is 0 Å². The third kappa shape index (κ3) is 4.51. The summed E-state index contributed by atoms with van der Waals surface area (Å²) in [6, 6.07) is 4.04. The number of likely N-dealkylation sites (tertiary alicyclic amines) is 1. The molecule has 2 aliphatic heterocycles. The summed E-state index contributed by atoms with van der Waals surface area (Å²) in [5.74, 6) is -0.418. The second-order valence-corrected chi connectivity index (χ2v) is 9.87. The van der Waals surface area contributed by atoms with Crippen molar-refractivity contribution in [2.24, 2.45) is 0 Å². The van der Waals surface area contributed by atoms with Crippen molar-refractivity contribution in [1.29, 1.82) is 0 Å². The molecule has 0 bridgehead atoms. The molecule has 1 aromatic carbocycles. The molecule has 1 unspecified atom stereocenters. The van der Waals surface area contributed by atoms with Crippen LogP contribution in [0.4, 0.5) is 10.4 Å². The van der Waals surface area contributed by atoms with Crippen LogP contribution in [0.15, 0.2) is 27.6 Å². The van der Waals surface area contributed by atoms with Gasteiger partial charge in [-0.3, -0.25) is 4.79 Å². The highest BCUT2D eigenvalue weighted by Gasteiger charge is 2.39. The maximum Gasteiger partial charge on any atom is 0.324 e. The maximum absolute atomic E-state index is 14.3. The monoisotopic (exact) mass is 452 g/mol. The molecule has 2 aliphatic rings. The number of halogens is 1. The van der Waals surface area contributed by atoms with E-state index >= 15 is 0 Å². The Morgan fingerprint density at radius 3 is 2.58 bits per heavy atom. The maximum atomic E-state index is 14.3. The van der Waals surface area contributed by atoms with E-state index in [0.717, 1.165) is 25.2 Å². The van der Waals surface area contributed by atoms with Crippen molar-refractivity contribution in [3.05, 3.63) is 29.8 Å². The molecule has 168 valence electrons. The lowest BCUT2D eigenvalue weighted by Gasteiger charge is -2.35. The van der Waals surface area contributed by atoms with Gasteiger partial charge in [0.1, 0.15) is 0 Å². The van der Waals surface area contributed by atoms with Crippen molar-refractivity contribution in [2.75, 3.05) is 30.8 Å². The van der Waals surface area contributed by atoms with Crippen LogP contribution in [0, 0.1) is 5.82 Å². The fourth-order valence-corrected chi connectivity index (χ4v) is 4.63. The molecule has 0 radical (unpaired) electrons. The van der Waals surface area contributed by atoms with Crippen LogP contribution in [0.2, 0.25) is 0 Å². The smallest absolute Gasteiger partial charge is 0.324 e. The third-order valence-electron chi connectivity index (χ3n) is 5.74. The van der Waals surface area contributed by atoms with Gasteiger partial charge in [-0.2, -0.15) is 4.98 Å². The summed E-state index contributed by atoms with van der Waals surface area (Å²) in [5.41, 5.74) is 0. The Hall–Kier alpha value is -2.69. The van der Waals surface area contributed by atoms with Gasteiger partial charge in [-0.25, -0.2) is 12.8 Å². The van der Waals surface area contributed by atoms with Crippen molar-refractivity contribution < 1.29 is 26.9 Å². The second kappa shape index (κ2) is 8.45. The molecule has 2 saturated heterocycles. The molecule has 31 heavy (non-hydrogen) atoms. The molecule has 2 fully saturated rings. The molecule has 1 amide bonds. The average molecular weight is 453 g/mol. The van der Waals surface area contributed by atoms with Crippen LogP contribution in [0.25, 0.3) is 0 Å². The number of rotatable bonds is 6. The molecule has 1 atom stereocenters. The molecule has 0 spiro atoms. The molecule has 0 N–H and O–H groups in total. The Bertz CT molecular complexity index is 1070. The van der Waals surface area contributed by atoms with Crippen LogP contribution in [-0.4, -0.2) is 67.4 Å². The zero-order chi connectivity index (χ0) is 22.2. The molecule has 11 heteroatoms. The first-order valence-corrected chi connectivity index (χ1v) is 12.2. The van der Waals surface area contributed by atoms with E-state index in [0.29, 0.717) is 44.3 Å². The molecule has 2 aromatic rings. The predicted molar refractivity (Wildman–Crippen MR) is 109 cm³/mol. The van der Waals surface area contributed by atoms with Crippen LogP contribution in [0.5, 0.6) is 5.75 Å². The molecule has 1 aromatic heterocycles. The Kier molecular flexibility index (Phi) is 5.87. The first kappa shape index (κ1) is 21.5. The number of aryl methyl sites for hydroxylation is 1. The first-order chi connectivity index (χ1) is 14.8. The SMILES string of the molecule is CCc1noc(N2CCC(N3CCC(Oc4ccc(S(C)(=O)=O)cc4F)C3=O)CC2)n1. The number of hydrogen-bond acceptors (Lipinski definition) is 8. The minimum absolute atomic E-state index is 0.0726. The number of ether oxygens (including phenoxy) is 1. The minimum Gasteiger partial charge on any atom is -0.477 e. The molecule has 9 nitrogen and oxygen atoms in total. The van der Waals surface area contributed by atoms with Gasteiger partial charge in [0, 0.05) is 44.8 Å². The summed E-state index contributed by atoms with van der Waals surface area (Å²) >= 11 is 0. The normalized spacial score (nSPS) is 20.5. The fraction of sp³-hybridized carbons (Fsp3) is 0.550. The van der Waals surface area contributed by atoms with Crippen LogP contribution < -0.4 is 9.64 Å². The third-order valence-corrected chi connectivity index (χ3v) is 6.85. The van der Waals surface area contributed by atoms with Gasteiger partial charge in [-0.05, 0) is 31.0 Å². The van der Waals surface area contributed by atoms with Crippen molar-refractivity contribution in [1.82, 2.24) is 15.0 Å². The van der Waals surface area contributed by atoms with Gasteiger partial charge in [0.2, 0.25) is 0 Å². The van der Waals surface area contributed by atoms with Gasteiger partial charge < -0.3 is 19.1 Å². The number of nitrogens with zero attached hydrogens (tertiary/aromatic N) is 4. The summed E-state index contributed by atoms with van der Waals surface area (Å²) in [7, 11) is -3.52. The lowest BCUT2D eigenvalue weighted by atomic mass is 10.0. The van der Waals surface area contributed by atoms with Crippen LogP contribution in [-0.2, 0) is 21.1 Å². The lowest BCUT2D eigenvalue weighted by Crippen LogP contribution is -2.47. The van der Waals surface area contributed by atoms with Gasteiger partial charge in [-0.15, -0.1) is 0 Å². The highest BCUT2D eigenvalue weighted by molar-refractivity contribution is 7.90. The van der Waals surface area contributed by atoms with E-state index in [4.69, 9.17) is 9.26 Å². The van der Waals surface area contributed by atoms with Gasteiger partial charge >= 0.3 is 6.01 Å². The fourth-order valence-electron chi connectivity index (χ4n) is 3.99. The quantitative estimate of drug-likeness (QED) is 0.654. The number of anilines is 1. The zero-order valence-corrected chi connectivity index (χ0v) is 18.3. The van der Waals surface area contributed by atoms with E-state index in [1.807, 2.05) is 11.8 Å². The molecule has 0 saturated carbocycles. The molecular formula is C20H25FN4O5S. The summed E-state index contributed by atoms with van der Waals surface area (Å²) in [5, 5.41) is 3.92. The summed E-state index contributed by atoms with van der Waals surface area (Å²) in [6.45, 7) is 3.90. The van der Waals surface area contributed by atoms with E-state index in [9.17, 15) is 17.6 Å². The minimum atomic E-state index is -3.52. The molecule has 0 aliphatic carbocycles. The molecule has 4 rings (SSSR count). The topological polar surface area (TPSA) is 106 Å². The van der Waals surface area contributed by atoms with Crippen molar-refractivity contribution in [3.8, 4) is 5.75 Å². The Morgan fingerprint density at radius 1 is 1.23 bits per heavy atom. The summed E-state index contributed by atoms with van der Waals surface area (Å²) in [4.78, 5) is 20.9. The number of amides is 1. The van der Waals surface area contributed by atoms with Crippen molar-refractivity contribution in [2.45, 2.75) is 49.6 Å². The van der Waals surface area contributed by atoms with Crippen LogP contribution in [0.1, 0.15) is 32.0 Å². The summed E-state index contributed by atoms with van der Waals surface area (Å²) < 4.78 is 48.3. The number of sulfone groups is 1. The Morgan fingerprint density at radius 2 is 1.97 bits per heavy atom. The Labute approximate surface area is 180 Å². The lowest BCUT2D eigenvalue weighted by molar-refractivity contribution is -0.135. The number of aromatic nitrogens is 2. The van der Waals surface area contributed by atoms with Crippen LogP contribution in [0.3, 0.4) is 0 Å². The van der Waals surface area contributed by atoms with E-state index in [-0.39, 0.29) is 22.6 Å². The Balaban J connectivity index is 1.35. The van der Waals surface area contributed by atoms with Crippen molar-refractivity contribution >= 4 is 21.8 Å². The van der Waals surface area contributed by atoms with E-state index in [1.54, 1.807) is 4.90 Å². The largest absolute Gasteiger partial charge is 0.477 e. The highest BCUT2D eigenvalue weighted by atomic mass is 32.2. The standard InChI is InChI=1S/C20H25FN4O5S/c1-3-18-22-20(30-23-18)24-9-6-13(7-10-24)25-11-8-17(19(25)26)29-16-5-4-14(12-15(16)21)31(2,27)28/h4-5,12-13,17H,3,6-11H2,1-2H3. The van der Waals surface area contributed by atoms with E-state index in [1.165, 1.54) is 12.1 Å². The summed E-state index contributed by atoms with van der Waals surface area (Å²) in [6.07, 6.45) is 2.92. The van der Waals surface area contributed by atoms with E-state index < -0.39 is 21.8 Å². The van der Waals surface area contributed by atoms with Gasteiger partial charge in [0.25, 0.3) is 5.91 Å². The predicted octanol–water partition coefficient (Wildman–Crippen LogP) is 1.82. The molecule has 3 heterocycles. The van der Waals surface area contributed by atoms with E-state index in [2.05, 4.69) is 10.1 Å². The number of benzene rings is 1. The number of piperidine rings is 1. The first-order valence-electron chi connectivity index (χ1n) is 10.3. The van der Waals surface area contributed by atoms with Gasteiger partial charge in [0.05, 0.1) is 4.90 Å². The number of carbonyl (C=O) groups excluding carboxylic acids is 1. The van der Waals surface area contributed by atoms with Gasteiger partial charge in [0.15, 0.2) is 33.3 Å². The number of carbonyl (C=O) groups is 1. The van der Waals surface area contributed by atoms with Gasteiger partial charge in [-0.1, -0.05) is 12.1 Å². The zero-order valence-electron chi connectivity index (χ0n) is 17.5. The number of hydrogen-bond donors (Lipinski definition) is 0. The molecular weight excluding hydrogens is 427 g/mol. The van der Waals surface area contributed by atoms with Crippen molar-refractivity contribution in [3.63, 3.8) is 0 Å².